The molecule has 0 spiro atoms. The molecule has 0 saturated carbocycles. The Balaban J connectivity index is 2.24. The maximum atomic E-state index is 12.0. The van der Waals surface area contributed by atoms with Crippen molar-refractivity contribution in [2.45, 2.75) is 34.1 Å². The van der Waals surface area contributed by atoms with Gasteiger partial charge in [-0.1, -0.05) is 26.8 Å². The average molecular weight is 315 g/mol. The number of aromatic nitrogens is 2. The zero-order valence-electron chi connectivity index (χ0n) is 13.8. The van der Waals surface area contributed by atoms with E-state index in [1.807, 2.05) is 26.8 Å². The topological polar surface area (TPSA) is 84.2 Å². The fourth-order valence-electron chi connectivity index (χ4n) is 2.28. The van der Waals surface area contributed by atoms with Gasteiger partial charge in [0.1, 0.15) is 5.56 Å². The van der Waals surface area contributed by atoms with Crippen molar-refractivity contribution in [3.05, 3.63) is 41.7 Å². The molecule has 6 heteroatoms. The molecule has 0 aliphatic heterocycles. The zero-order chi connectivity index (χ0) is 17.2. The third kappa shape index (κ3) is 4.18. The molecule has 0 fully saturated rings. The Morgan fingerprint density at radius 3 is 2.57 bits per heavy atom. The van der Waals surface area contributed by atoms with Crippen LogP contribution in [0.2, 0.25) is 0 Å². The van der Waals surface area contributed by atoms with E-state index in [0.717, 1.165) is 0 Å². The van der Waals surface area contributed by atoms with E-state index in [0.29, 0.717) is 23.5 Å². The van der Waals surface area contributed by atoms with Crippen LogP contribution in [0.5, 0.6) is 0 Å². The van der Waals surface area contributed by atoms with Gasteiger partial charge in [0.05, 0.1) is 17.6 Å². The summed E-state index contributed by atoms with van der Waals surface area (Å²) in [5, 5.41) is 16.1. The molecule has 0 radical (unpaired) electrons. The maximum Gasteiger partial charge on any atom is 0.339 e. The van der Waals surface area contributed by atoms with Crippen LogP contribution in [0.1, 0.15) is 43.2 Å². The molecule has 0 unspecified atom stereocenters. The Labute approximate surface area is 135 Å². The molecule has 0 bridgehead atoms. The Morgan fingerprint density at radius 1 is 1.30 bits per heavy atom. The van der Waals surface area contributed by atoms with Gasteiger partial charge < -0.3 is 10.4 Å². The number of carbonyl (C=O) groups excluding carboxylic acids is 1. The van der Waals surface area contributed by atoms with Crippen LogP contribution < -0.4 is 5.32 Å². The molecular weight excluding hydrogens is 294 g/mol. The first-order chi connectivity index (χ1) is 10.7. The van der Waals surface area contributed by atoms with Crippen LogP contribution in [0.4, 0.5) is 5.69 Å². The summed E-state index contributed by atoms with van der Waals surface area (Å²) in [4.78, 5) is 23.1. The van der Waals surface area contributed by atoms with Crippen molar-refractivity contribution in [3.8, 4) is 5.69 Å². The van der Waals surface area contributed by atoms with E-state index in [-0.39, 0.29) is 16.9 Å². The van der Waals surface area contributed by atoms with Crippen molar-refractivity contribution in [2.24, 2.45) is 5.41 Å². The molecule has 0 aliphatic carbocycles. The number of carboxylic acid groups (broad SMARTS) is 1. The summed E-state index contributed by atoms with van der Waals surface area (Å²) in [6.07, 6.45) is 1.74. The van der Waals surface area contributed by atoms with Crippen molar-refractivity contribution in [1.29, 1.82) is 0 Å². The van der Waals surface area contributed by atoms with Crippen LogP contribution in [0.25, 0.3) is 5.69 Å². The number of hydrogen-bond donors (Lipinski definition) is 2. The molecule has 0 atom stereocenters. The Hall–Kier alpha value is -2.63. The van der Waals surface area contributed by atoms with Crippen molar-refractivity contribution < 1.29 is 14.7 Å². The molecule has 6 nitrogen and oxygen atoms in total. The number of carboxylic acids is 1. The number of amides is 1. The molecular formula is C17H21N3O3. The number of rotatable bonds is 4. The third-order valence-corrected chi connectivity index (χ3v) is 3.31. The molecule has 2 rings (SSSR count). The average Bonchev–Trinajstić information content (AvgIpc) is 2.78. The number of benzene rings is 1. The molecule has 23 heavy (non-hydrogen) atoms. The van der Waals surface area contributed by atoms with E-state index in [2.05, 4.69) is 10.4 Å². The molecule has 2 N–H and O–H groups in total. The second kappa shape index (κ2) is 6.24. The fourth-order valence-corrected chi connectivity index (χ4v) is 2.28. The lowest BCUT2D eigenvalue weighted by Gasteiger charge is -2.17. The quantitative estimate of drug-likeness (QED) is 0.907. The van der Waals surface area contributed by atoms with Gasteiger partial charge in [-0.25, -0.2) is 9.48 Å². The summed E-state index contributed by atoms with van der Waals surface area (Å²) in [5.41, 5.74) is 1.96. The molecule has 1 aromatic heterocycles. The monoisotopic (exact) mass is 315 g/mol. The largest absolute Gasteiger partial charge is 0.478 e. The number of nitrogens with one attached hydrogen (secondary N) is 1. The first-order valence-electron chi connectivity index (χ1n) is 7.35. The van der Waals surface area contributed by atoms with Crippen LogP contribution in [-0.2, 0) is 4.79 Å². The lowest BCUT2D eigenvalue weighted by atomic mass is 9.92. The van der Waals surface area contributed by atoms with Crippen LogP contribution in [-0.4, -0.2) is 26.8 Å². The highest BCUT2D eigenvalue weighted by Gasteiger charge is 2.17. The second-order valence-electron chi connectivity index (χ2n) is 6.70. The van der Waals surface area contributed by atoms with Gasteiger partial charge in [-0.15, -0.1) is 0 Å². The predicted octanol–water partition coefficient (Wildman–Crippen LogP) is 3.25. The van der Waals surface area contributed by atoms with E-state index >= 15 is 0 Å². The minimum Gasteiger partial charge on any atom is -0.478 e. The SMILES string of the molecule is Cc1c(C(=O)O)cnn1-c1cccc(NC(=O)CC(C)(C)C)c1. The normalized spacial score (nSPS) is 11.3. The number of nitrogens with zero attached hydrogens (tertiary/aromatic N) is 2. The Kier molecular flexibility index (Phi) is 4.54. The summed E-state index contributed by atoms with van der Waals surface area (Å²) < 4.78 is 1.54. The molecule has 1 aromatic carbocycles. The van der Waals surface area contributed by atoms with Crippen molar-refractivity contribution in [1.82, 2.24) is 9.78 Å². The smallest absolute Gasteiger partial charge is 0.339 e. The van der Waals surface area contributed by atoms with Crippen molar-refractivity contribution in [3.63, 3.8) is 0 Å². The van der Waals surface area contributed by atoms with Gasteiger partial charge in [-0.2, -0.15) is 5.10 Å². The van der Waals surface area contributed by atoms with Crippen LogP contribution in [0, 0.1) is 12.3 Å². The van der Waals surface area contributed by atoms with E-state index in [1.165, 1.54) is 6.20 Å². The summed E-state index contributed by atoms with van der Waals surface area (Å²) in [7, 11) is 0. The number of hydrogen-bond acceptors (Lipinski definition) is 3. The van der Waals surface area contributed by atoms with Gasteiger partial charge in [-0.3, -0.25) is 4.79 Å². The predicted molar refractivity (Wildman–Crippen MR) is 88.0 cm³/mol. The fraction of sp³-hybridized carbons (Fsp3) is 0.353. The van der Waals surface area contributed by atoms with E-state index < -0.39 is 5.97 Å². The summed E-state index contributed by atoms with van der Waals surface area (Å²) in [6, 6.07) is 7.17. The lowest BCUT2D eigenvalue weighted by molar-refractivity contribution is -0.117. The van der Waals surface area contributed by atoms with Crippen LogP contribution in [0.15, 0.2) is 30.5 Å². The molecule has 1 heterocycles. The van der Waals surface area contributed by atoms with E-state index in [4.69, 9.17) is 5.11 Å². The Morgan fingerprint density at radius 2 is 2.00 bits per heavy atom. The van der Waals surface area contributed by atoms with Crippen LogP contribution in [0.3, 0.4) is 0 Å². The highest BCUT2D eigenvalue weighted by Crippen LogP contribution is 2.21. The first-order valence-corrected chi connectivity index (χ1v) is 7.35. The second-order valence-corrected chi connectivity index (χ2v) is 6.70. The van der Waals surface area contributed by atoms with Crippen molar-refractivity contribution in [2.75, 3.05) is 5.32 Å². The number of anilines is 1. The van der Waals surface area contributed by atoms with Crippen LogP contribution >= 0.6 is 0 Å². The number of carbonyl (C=O) groups is 2. The Bertz CT molecular complexity index is 742. The minimum atomic E-state index is -1.01. The number of aromatic carboxylic acids is 1. The minimum absolute atomic E-state index is 0.0573. The maximum absolute atomic E-state index is 12.0. The summed E-state index contributed by atoms with van der Waals surface area (Å²) in [6.45, 7) is 7.71. The van der Waals surface area contributed by atoms with Crippen molar-refractivity contribution >= 4 is 17.6 Å². The molecule has 122 valence electrons. The molecule has 0 aliphatic rings. The van der Waals surface area contributed by atoms with Gasteiger partial charge in [0.15, 0.2) is 0 Å². The summed E-state index contributed by atoms with van der Waals surface area (Å²) >= 11 is 0. The van der Waals surface area contributed by atoms with E-state index in [1.54, 1.807) is 29.8 Å². The lowest BCUT2D eigenvalue weighted by Crippen LogP contribution is -2.19. The van der Waals surface area contributed by atoms with Gasteiger partial charge in [0.25, 0.3) is 0 Å². The van der Waals surface area contributed by atoms with Gasteiger partial charge in [-0.05, 0) is 30.5 Å². The van der Waals surface area contributed by atoms with Gasteiger partial charge in [0.2, 0.25) is 5.91 Å². The first kappa shape index (κ1) is 16.7. The third-order valence-electron chi connectivity index (χ3n) is 3.31. The highest BCUT2D eigenvalue weighted by molar-refractivity contribution is 5.91. The molecule has 2 aromatic rings. The zero-order valence-corrected chi connectivity index (χ0v) is 13.8. The van der Waals surface area contributed by atoms with Gasteiger partial charge in [0, 0.05) is 12.1 Å². The summed E-state index contributed by atoms with van der Waals surface area (Å²) in [5.74, 6) is -1.07. The van der Waals surface area contributed by atoms with Gasteiger partial charge >= 0.3 is 5.97 Å². The molecule has 1 amide bonds. The standard InChI is InChI=1S/C17H21N3O3/c1-11-14(16(22)23)10-18-20(11)13-7-5-6-12(8-13)19-15(21)9-17(2,3)4/h5-8,10H,9H2,1-4H3,(H,19,21)(H,22,23). The molecule has 0 saturated heterocycles. The van der Waals surface area contributed by atoms with E-state index in [9.17, 15) is 9.59 Å². The highest BCUT2D eigenvalue weighted by atomic mass is 16.4.